The van der Waals surface area contributed by atoms with Gasteiger partial charge in [-0.25, -0.2) is 0 Å². The van der Waals surface area contributed by atoms with E-state index < -0.39 is 0 Å². The second-order valence-corrected chi connectivity index (χ2v) is 8.35. The van der Waals surface area contributed by atoms with Crippen LogP contribution in [0.4, 0.5) is 0 Å². The second-order valence-electron chi connectivity index (χ2n) is 8.35. The zero-order valence-corrected chi connectivity index (χ0v) is 11.7. The first-order valence-electron chi connectivity index (χ1n) is 8.93. The molecule has 100 valence electrons. The van der Waals surface area contributed by atoms with Gasteiger partial charge in [0.25, 0.3) is 0 Å². The van der Waals surface area contributed by atoms with Crippen molar-refractivity contribution in [3.63, 3.8) is 0 Å². The summed E-state index contributed by atoms with van der Waals surface area (Å²) in [5.41, 5.74) is 0. The lowest BCUT2D eigenvalue weighted by Crippen LogP contribution is -2.48. The topological polar surface area (TPSA) is 0 Å². The molecule has 0 aromatic heterocycles. The molecule has 8 unspecified atom stereocenters. The molecule has 5 aliphatic rings. The first-order chi connectivity index (χ1) is 8.93. The van der Waals surface area contributed by atoms with E-state index in [4.69, 9.17) is 0 Å². The van der Waals surface area contributed by atoms with Crippen LogP contribution in [0.3, 0.4) is 0 Å². The van der Waals surface area contributed by atoms with E-state index in [-0.39, 0.29) is 0 Å². The van der Waals surface area contributed by atoms with Crippen molar-refractivity contribution in [1.29, 1.82) is 0 Å². The van der Waals surface area contributed by atoms with E-state index in [0.717, 1.165) is 0 Å². The lowest BCUT2D eigenvalue weighted by molar-refractivity contribution is -0.0594. The lowest BCUT2D eigenvalue weighted by Gasteiger charge is -2.54. The summed E-state index contributed by atoms with van der Waals surface area (Å²) in [5.74, 6) is 9.56. The third kappa shape index (κ3) is 1.23. The Morgan fingerprint density at radius 1 is 0.389 bits per heavy atom. The lowest BCUT2D eigenvalue weighted by atomic mass is 9.51. The van der Waals surface area contributed by atoms with Gasteiger partial charge in [-0.05, 0) is 85.9 Å². The normalized spacial score (nSPS) is 61.3. The van der Waals surface area contributed by atoms with Gasteiger partial charge in [0, 0.05) is 0 Å². The van der Waals surface area contributed by atoms with Gasteiger partial charge in [0.05, 0.1) is 0 Å². The molecule has 18 heavy (non-hydrogen) atoms. The zero-order chi connectivity index (χ0) is 11.7. The first kappa shape index (κ1) is 10.7. The van der Waals surface area contributed by atoms with Crippen LogP contribution < -0.4 is 0 Å². The number of hydrogen-bond donors (Lipinski definition) is 0. The average Bonchev–Trinajstić information content (AvgIpc) is 3.01. The third-order valence-corrected chi connectivity index (χ3v) is 8.13. The molecule has 0 heterocycles. The van der Waals surface area contributed by atoms with Crippen molar-refractivity contribution >= 4 is 0 Å². The van der Waals surface area contributed by atoms with E-state index in [2.05, 4.69) is 0 Å². The molecule has 8 atom stereocenters. The summed E-state index contributed by atoms with van der Waals surface area (Å²) in [6.07, 6.45) is 16.1. The molecule has 0 radical (unpaired) electrons. The fourth-order valence-corrected chi connectivity index (χ4v) is 7.90. The maximum Gasteiger partial charge on any atom is -0.0323 e. The molecule has 0 spiro atoms. The van der Waals surface area contributed by atoms with Crippen LogP contribution in [0, 0.1) is 47.3 Å². The van der Waals surface area contributed by atoms with Gasteiger partial charge in [-0.3, -0.25) is 0 Å². The van der Waals surface area contributed by atoms with Crippen LogP contribution in [0.15, 0.2) is 0 Å². The molecule has 5 saturated carbocycles. The van der Waals surface area contributed by atoms with Crippen LogP contribution >= 0.6 is 0 Å². The molecule has 0 aromatic carbocycles. The van der Waals surface area contributed by atoms with Crippen LogP contribution in [-0.4, -0.2) is 0 Å². The average molecular weight is 244 g/mol. The fourth-order valence-electron chi connectivity index (χ4n) is 7.90. The first-order valence-corrected chi connectivity index (χ1v) is 8.93. The van der Waals surface area contributed by atoms with Crippen LogP contribution in [0.25, 0.3) is 0 Å². The largest absolute Gasteiger partial charge is 0.0527 e. The molecule has 5 rings (SSSR count). The van der Waals surface area contributed by atoms with Crippen molar-refractivity contribution in [1.82, 2.24) is 0 Å². The Hall–Kier alpha value is 0. The number of hydrogen-bond acceptors (Lipinski definition) is 0. The van der Waals surface area contributed by atoms with Gasteiger partial charge in [-0.2, -0.15) is 0 Å². The minimum absolute atomic E-state index is 1.18. The number of fused-ring (bicyclic) bond motifs is 2. The summed E-state index contributed by atoms with van der Waals surface area (Å²) >= 11 is 0. The highest BCUT2D eigenvalue weighted by molar-refractivity contribution is 5.08. The highest BCUT2D eigenvalue weighted by Crippen LogP contribution is 2.66. The minimum Gasteiger partial charge on any atom is -0.0527 e. The molecule has 5 fully saturated rings. The van der Waals surface area contributed by atoms with Gasteiger partial charge in [0.1, 0.15) is 0 Å². The molecule has 5 aliphatic carbocycles. The van der Waals surface area contributed by atoms with Crippen LogP contribution in [0.1, 0.15) is 64.2 Å². The molecule has 0 bridgehead atoms. The maximum absolute atomic E-state index is 1.63. The van der Waals surface area contributed by atoms with Crippen LogP contribution in [0.2, 0.25) is 0 Å². The summed E-state index contributed by atoms with van der Waals surface area (Å²) in [6.45, 7) is 0. The summed E-state index contributed by atoms with van der Waals surface area (Å²) in [4.78, 5) is 0. The van der Waals surface area contributed by atoms with Crippen molar-refractivity contribution in [3.05, 3.63) is 0 Å². The van der Waals surface area contributed by atoms with E-state index in [1.807, 2.05) is 0 Å². The van der Waals surface area contributed by atoms with Crippen LogP contribution in [0.5, 0.6) is 0 Å². The van der Waals surface area contributed by atoms with Crippen molar-refractivity contribution in [2.45, 2.75) is 64.2 Å². The maximum atomic E-state index is 1.63. The predicted molar refractivity (Wildman–Crippen MR) is 74.1 cm³/mol. The zero-order valence-electron chi connectivity index (χ0n) is 11.7. The molecule has 0 aliphatic heterocycles. The smallest absolute Gasteiger partial charge is 0.0323 e. The Morgan fingerprint density at radius 3 is 1.33 bits per heavy atom. The Bertz CT molecular complexity index is 312. The fraction of sp³-hybridized carbons (Fsp3) is 1.00. The second kappa shape index (κ2) is 3.76. The number of rotatable bonds is 0. The molecule has 0 nitrogen and oxygen atoms in total. The summed E-state index contributed by atoms with van der Waals surface area (Å²) in [6, 6.07) is 0. The van der Waals surface area contributed by atoms with Crippen LogP contribution in [-0.2, 0) is 0 Å². The van der Waals surface area contributed by atoms with Crippen molar-refractivity contribution in [2.24, 2.45) is 47.3 Å². The SMILES string of the molecule is C1CC2CCC3C4CCC5CCCC(C(C1)C23)C54. The van der Waals surface area contributed by atoms with Gasteiger partial charge in [-0.1, -0.05) is 25.7 Å². The predicted octanol–water partition coefficient (Wildman–Crippen LogP) is 4.89. The Kier molecular flexibility index (Phi) is 2.25. The van der Waals surface area contributed by atoms with Crippen molar-refractivity contribution < 1.29 is 0 Å². The van der Waals surface area contributed by atoms with Gasteiger partial charge >= 0.3 is 0 Å². The minimum atomic E-state index is 1.18. The molecule has 0 amide bonds. The van der Waals surface area contributed by atoms with Crippen molar-refractivity contribution in [3.8, 4) is 0 Å². The summed E-state index contributed by atoms with van der Waals surface area (Å²) in [7, 11) is 0. The highest BCUT2D eigenvalue weighted by Gasteiger charge is 2.59. The molecule has 0 aromatic rings. The Labute approximate surface area is 112 Å². The Balaban J connectivity index is 1.57. The monoisotopic (exact) mass is 244 g/mol. The highest BCUT2D eigenvalue weighted by atomic mass is 14.6. The quantitative estimate of drug-likeness (QED) is 0.569. The van der Waals surface area contributed by atoms with Gasteiger partial charge in [0.2, 0.25) is 0 Å². The van der Waals surface area contributed by atoms with E-state index in [9.17, 15) is 0 Å². The van der Waals surface area contributed by atoms with E-state index >= 15 is 0 Å². The van der Waals surface area contributed by atoms with Gasteiger partial charge < -0.3 is 0 Å². The van der Waals surface area contributed by atoms with Gasteiger partial charge in [0.15, 0.2) is 0 Å². The van der Waals surface area contributed by atoms with E-state index in [1.54, 1.807) is 64.2 Å². The molecular formula is C18H28. The Morgan fingerprint density at radius 2 is 0.833 bits per heavy atom. The molecule has 0 saturated heterocycles. The van der Waals surface area contributed by atoms with E-state index in [1.165, 1.54) is 47.3 Å². The van der Waals surface area contributed by atoms with E-state index in [0.29, 0.717) is 0 Å². The molecule has 0 N–H and O–H groups in total. The standard InChI is InChI=1S/C18H28/c1-3-11-7-9-15-16-10-8-12-4-2-6-14(18(12)16)13(5-1)17(11)15/h11-18H,1-10H2. The summed E-state index contributed by atoms with van der Waals surface area (Å²) < 4.78 is 0. The third-order valence-electron chi connectivity index (χ3n) is 8.13. The van der Waals surface area contributed by atoms with Crippen molar-refractivity contribution in [2.75, 3.05) is 0 Å². The molecule has 0 heteroatoms. The molecular weight excluding hydrogens is 216 g/mol. The van der Waals surface area contributed by atoms with Gasteiger partial charge in [-0.15, -0.1) is 0 Å². The summed E-state index contributed by atoms with van der Waals surface area (Å²) in [5, 5.41) is 0.